The highest BCUT2D eigenvalue weighted by molar-refractivity contribution is 7.47. The van der Waals surface area contributed by atoms with E-state index in [1.807, 2.05) is 12.2 Å². The lowest BCUT2D eigenvalue weighted by Crippen LogP contribution is -2.43. The first kappa shape index (κ1) is 57.0. The number of esters is 2. The fourth-order valence-electron chi connectivity index (χ4n) is 6.34. The Morgan fingerprint density at radius 2 is 1.34 bits per heavy atom. The van der Waals surface area contributed by atoms with E-state index in [-0.39, 0.29) is 25.2 Å². The van der Waals surface area contributed by atoms with Gasteiger partial charge < -0.3 is 45.3 Å². The number of allylic oxidation sites excluding steroid dienone is 8. The molecule has 0 bridgehead atoms. The maximum absolute atomic E-state index is 12.8. The minimum atomic E-state index is -4.80. The molecule has 1 aliphatic rings. The van der Waals surface area contributed by atoms with Gasteiger partial charge in [-0.2, -0.15) is 0 Å². The van der Waals surface area contributed by atoms with Crippen molar-refractivity contribution in [2.24, 2.45) is 11.7 Å². The zero-order chi connectivity index (χ0) is 45.9. The van der Waals surface area contributed by atoms with Crippen LogP contribution in [0.3, 0.4) is 0 Å². The SMILES string of the molecule is CCCCC/C=C\C/C=C\C/C=C\CCCCCCC(=O)OC[C@H](COP(=O)(O)OC[C@H](N)C(=O)O)OC(=O)CCC/C=C\C[C@H]1[C@@H](O)CC(O)O[C@@H]1/C=C/[C@@H](O)CCCCC. The highest BCUT2D eigenvalue weighted by Gasteiger charge is 2.35. The fourth-order valence-corrected chi connectivity index (χ4v) is 7.12. The molecule has 0 aromatic heterocycles. The molecule has 1 aliphatic heterocycles. The summed E-state index contributed by atoms with van der Waals surface area (Å²) in [5.74, 6) is -3.00. The average molecular weight is 900 g/mol. The van der Waals surface area contributed by atoms with E-state index in [2.05, 4.69) is 54.8 Å². The van der Waals surface area contributed by atoms with Crippen LogP contribution >= 0.6 is 7.82 Å². The molecule has 0 amide bonds. The number of carbonyl (C=O) groups is 3. The van der Waals surface area contributed by atoms with Crippen LogP contribution in [0.5, 0.6) is 0 Å². The second-order valence-corrected chi connectivity index (χ2v) is 17.2. The van der Waals surface area contributed by atoms with Gasteiger partial charge in [0.15, 0.2) is 12.4 Å². The maximum Gasteiger partial charge on any atom is 0.472 e. The summed E-state index contributed by atoms with van der Waals surface area (Å²) in [4.78, 5) is 46.3. The van der Waals surface area contributed by atoms with E-state index in [0.29, 0.717) is 32.1 Å². The van der Waals surface area contributed by atoms with Crippen LogP contribution in [0.4, 0.5) is 0 Å². The molecule has 62 heavy (non-hydrogen) atoms. The van der Waals surface area contributed by atoms with Gasteiger partial charge in [0.25, 0.3) is 0 Å². The lowest BCUT2D eigenvalue weighted by Gasteiger charge is -2.36. The van der Waals surface area contributed by atoms with Gasteiger partial charge in [0.05, 0.1) is 31.5 Å². The van der Waals surface area contributed by atoms with Crippen molar-refractivity contribution in [3.8, 4) is 0 Å². The Hall–Kier alpha value is -2.98. The van der Waals surface area contributed by atoms with Gasteiger partial charge in [0, 0.05) is 25.2 Å². The molecule has 8 atom stereocenters. The van der Waals surface area contributed by atoms with Crippen molar-refractivity contribution in [1.82, 2.24) is 0 Å². The number of unbranched alkanes of at least 4 members (excludes halogenated alkanes) is 10. The van der Waals surface area contributed by atoms with Crippen LogP contribution in [0, 0.1) is 5.92 Å². The second-order valence-electron chi connectivity index (χ2n) is 15.7. The van der Waals surface area contributed by atoms with Crippen molar-refractivity contribution in [2.75, 3.05) is 19.8 Å². The number of aliphatic hydroxyl groups excluding tert-OH is 3. The number of aliphatic carboxylic acids is 1. The van der Waals surface area contributed by atoms with E-state index in [0.717, 1.165) is 64.2 Å². The largest absolute Gasteiger partial charge is 0.480 e. The molecule has 15 nitrogen and oxygen atoms in total. The van der Waals surface area contributed by atoms with E-state index in [4.69, 9.17) is 29.6 Å². The molecule has 0 saturated carbocycles. The molecule has 0 aromatic rings. The lowest BCUT2D eigenvalue weighted by molar-refractivity contribution is -0.199. The molecule has 1 rings (SSSR count). The molecular formula is C46H78NO14P. The quantitative estimate of drug-likeness (QED) is 0.0150. The van der Waals surface area contributed by atoms with Crippen LogP contribution in [0.15, 0.2) is 60.8 Å². The monoisotopic (exact) mass is 900 g/mol. The van der Waals surface area contributed by atoms with Crippen LogP contribution in [-0.4, -0.2) is 99.8 Å². The number of phosphoric acid groups is 1. The highest BCUT2D eigenvalue weighted by Crippen LogP contribution is 2.43. The molecular weight excluding hydrogens is 821 g/mol. The molecule has 0 radical (unpaired) electrons. The van der Waals surface area contributed by atoms with E-state index in [9.17, 15) is 39.2 Å². The second kappa shape index (κ2) is 36.4. The summed E-state index contributed by atoms with van der Waals surface area (Å²) in [6.45, 7) is 2.36. The molecule has 1 saturated heterocycles. The number of nitrogens with two attached hydrogens (primary N) is 1. The molecule has 1 heterocycles. The van der Waals surface area contributed by atoms with Gasteiger partial charge in [-0.15, -0.1) is 0 Å². The third-order valence-corrected chi connectivity index (χ3v) is 11.0. The first-order valence-electron chi connectivity index (χ1n) is 22.7. The van der Waals surface area contributed by atoms with Crippen LogP contribution < -0.4 is 5.73 Å². The van der Waals surface area contributed by atoms with Gasteiger partial charge in [-0.1, -0.05) is 120 Å². The van der Waals surface area contributed by atoms with Gasteiger partial charge in [0.2, 0.25) is 0 Å². The number of carboxylic acids is 1. The van der Waals surface area contributed by atoms with Crippen LogP contribution in [0.25, 0.3) is 0 Å². The van der Waals surface area contributed by atoms with Crippen molar-refractivity contribution >= 4 is 25.7 Å². The summed E-state index contributed by atoms with van der Waals surface area (Å²) in [6, 6.07) is -1.57. The van der Waals surface area contributed by atoms with Crippen molar-refractivity contribution in [3.05, 3.63) is 60.8 Å². The Balaban J connectivity index is 2.55. The Morgan fingerprint density at radius 3 is 2.02 bits per heavy atom. The van der Waals surface area contributed by atoms with E-state index in [1.54, 1.807) is 12.2 Å². The minimum absolute atomic E-state index is 0.0408. The molecule has 16 heteroatoms. The number of carboxylic acid groups (broad SMARTS) is 1. The number of ether oxygens (including phenoxy) is 3. The van der Waals surface area contributed by atoms with E-state index in [1.165, 1.54) is 19.3 Å². The number of hydrogen-bond acceptors (Lipinski definition) is 13. The summed E-state index contributed by atoms with van der Waals surface area (Å²) < 4.78 is 38.3. The third kappa shape index (κ3) is 31.0. The summed E-state index contributed by atoms with van der Waals surface area (Å²) >= 11 is 0. The smallest absolute Gasteiger partial charge is 0.472 e. The van der Waals surface area contributed by atoms with Crippen molar-refractivity contribution in [3.63, 3.8) is 0 Å². The first-order valence-corrected chi connectivity index (χ1v) is 24.2. The molecule has 0 aliphatic carbocycles. The number of carbonyl (C=O) groups excluding carboxylic acids is 2. The molecule has 2 unspecified atom stereocenters. The predicted octanol–water partition coefficient (Wildman–Crippen LogP) is 8.06. The van der Waals surface area contributed by atoms with Crippen molar-refractivity contribution in [1.29, 1.82) is 0 Å². The number of aliphatic hydroxyl groups is 3. The van der Waals surface area contributed by atoms with Crippen LogP contribution in [0.2, 0.25) is 0 Å². The Morgan fingerprint density at radius 1 is 0.758 bits per heavy atom. The summed E-state index contributed by atoms with van der Waals surface area (Å²) in [5, 5.41) is 39.9. The molecule has 0 aromatic carbocycles. The molecule has 1 fully saturated rings. The summed E-state index contributed by atoms with van der Waals surface area (Å²) in [5.41, 5.74) is 5.33. The maximum atomic E-state index is 12.8. The van der Waals surface area contributed by atoms with Crippen molar-refractivity contribution in [2.45, 2.75) is 185 Å². The van der Waals surface area contributed by atoms with Gasteiger partial charge in [0.1, 0.15) is 12.6 Å². The van der Waals surface area contributed by atoms with E-state index < -0.39 is 82.3 Å². The number of rotatable bonds is 37. The lowest BCUT2D eigenvalue weighted by atomic mass is 9.87. The highest BCUT2D eigenvalue weighted by atomic mass is 31.2. The van der Waals surface area contributed by atoms with E-state index >= 15 is 0 Å². The van der Waals surface area contributed by atoms with Crippen LogP contribution in [-0.2, 0) is 42.2 Å². The first-order chi connectivity index (χ1) is 29.8. The van der Waals surface area contributed by atoms with Crippen molar-refractivity contribution < 1.29 is 67.5 Å². The fraction of sp³-hybridized carbons (Fsp3) is 0.717. The zero-order valence-corrected chi connectivity index (χ0v) is 38.1. The molecule has 7 N–H and O–H groups in total. The van der Waals surface area contributed by atoms with Gasteiger partial charge in [-0.3, -0.25) is 23.4 Å². The molecule has 356 valence electrons. The Labute approximate surface area is 370 Å². The van der Waals surface area contributed by atoms with Crippen LogP contribution in [0.1, 0.15) is 149 Å². The predicted molar refractivity (Wildman–Crippen MR) is 239 cm³/mol. The van der Waals surface area contributed by atoms with Gasteiger partial charge >= 0.3 is 25.7 Å². The molecule has 0 spiro atoms. The Bertz CT molecular complexity index is 1400. The summed E-state index contributed by atoms with van der Waals surface area (Å²) in [7, 11) is -4.80. The Kier molecular flexibility index (Phi) is 33.5. The average Bonchev–Trinajstić information content (AvgIpc) is 3.23. The minimum Gasteiger partial charge on any atom is -0.480 e. The number of hydrogen-bond donors (Lipinski definition) is 6. The zero-order valence-electron chi connectivity index (χ0n) is 37.2. The summed E-state index contributed by atoms with van der Waals surface area (Å²) in [6.07, 6.45) is 31.8. The standard InChI is InChI=1S/C46H78NO14P/c1-3-5-7-8-9-10-11-12-13-14-15-16-17-18-19-20-25-29-43(50)57-34-38(35-58-62(55,56)59-36-40(47)46(53)54)60-44(51)30-26-22-21-24-28-39-41(49)33-45(52)61-42(39)32-31-37(48)27-23-6-4-2/h9-10,12-13,15-16,21,24,31-32,37-42,45,48-49,52H,3-8,11,14,17-20,22-23,25-30,33-36,47H2,1-2H3,(H,53,54)(H,55,56)/b10-9-,13-12-,16-15-,24-21-,32-31+/t37-,38+,39-,40-,41-,42+,45?/m0/s1. The van der Waals surface area contributed by atoms with Gasteiger partial charge in [-0.05, 0) is 70.6 Å². The normalized spacial score (nSPS) is 21.0. The van der Waals surface area contributed by atoms with Gasteiger partial charge in [-0.25, -0.2) is 4.57 Å². The third-order valence-electron chi connectivity index (χ3n) is 10.0. The number of phosphoric ester groups is 1. The topological polar surface area (TPSA) is 242 Å².